The van der Waals surface area contributed by atoms with E-state index in [1.807, 2.05) is 82.3 Å². The van der Waals surface area contributed by atoms with Crippen LogP contribution in [0.25, 0.3) is 0 Å². The van der Waals surface area contributed by atoms with E-state index in [4.69, 9.17) is 4.74 Å². The van der Waals surface area contributed by atoms with E-state index >= 15 is 0 Å². The average molecular weight is 519 g/mol. The number of ether oxygens (including phenoxy) is 1. The third-order valence-electron chi connectivity index (χ3n) is 6.05. The monoisotopic (exact) mass is 518 g/mol. The highest BCUT2D eigenvalue weighted by Gasteiger charge is 2.31. The van der Waals surface area contributed by atoms with Gasteiger partial charge in [-0.1, -0.05) is 100 Å². The lowest BCUT2D eigenvalue weighted by Gasteiger charge is -2.26. The molecule has 0 spiro atoms. The van der Waals surface area contributed by atoms with Crippen LogP contribution in [-0.2, 0) is 14.3 Å². The van der Waals surface area contributed by atoms with E-state index in [2.05, 4.69) is 34.9 Å². The number of nitrogens with one attached hydrogen (secondary N) is 2. The summed E-state index contributed by atoms with van der Waals surface area (Å²) in [5.41, 5.74) is 0.476. The molecule has 0 saturated heterocycles. The van der Waals surface area contributed by atoms with E-state index in [0.29, 0.717) is 5.56 Å². The van der Waals surface area contributed by atoms with E-state index in [9.17, 15) is 14.4 Å². The maximum absolute atomic E-state index is 13.3. The molecule has 0 saturated carbocycles. The lowest BCUT2D eigenvalue weighted by atomic mass is 10.00. The van der Waals surface area contributed by atoms with Crippen LogP contribution in [0.5, 0.6) is 0 Å². The molecule has 3 aromatic rings. The molecule has 2 N–H and O–H groups in total. The van der Waals surface area contributed by atoms with E-state index in [1.54, 1.807) is 6.07 Å². The quantitative estimate of drug-likeness (QED) is 0.318. The van der Waals surface area contributed by atoms with Gasteiger partial charge in [-0.25, -0.2) is 4.79 Å². The van der Waals surface area contributed by atoms with E-state index < -0.39 is 31.9 Å². The molecule has 0 heterocycles. The van der Waals surface area contributed by atoms with Crippen LogP contribution < -0.4 is 26.5 Å². The SMILES string of the molecule is COC(=O)[C@@H](NC(=O)[C@@H](NC(=O)c1cccc(P(c2ccccc2)c2ccccc2)c1)C(C)C)C(C)C. The summed E-state index contributed by atoms with van der Waals surface area (Å²) in [7, 11) is 0.419. The molecular formula is C30H35N2O4P. The Morgan fingerprint density at radius 2 is 1.19 bits per heavy atom. The highest BCUT2D eigenvalue weighted by Crippen LogP contribution is 2.32. The molecule has 6 nitrogen and oxygen atoms in total. The van der Waals surface area contributed by atoms with Gasteiger partial charge in [-0.15, -0.1) is 0 Å². The largest absolute Gasteiger partial charge is 0.467 e. The van der Waals surface area contributed by atoms with E-state index in [-0.39, 0.29) is 17.7 Å². The zero-order valence-electron chi connectivity index (χ0n) is 22.0. The summed E-state index contributed by atoms with van der Waals surface area (Å²) in [5, 5.41) is 9.04. The summed E-state index contributed by atoms with van der Waals surface area (Å²) in [6.45, 7) is 7.36. The van der Waals surface area contributed by atoms with Gasteiger partial charge in [-0.3, -0.25) is 9.59 Å². The van der Waals surface area contributed by atoms with E-state index in [0.717, 1.165) is 5.30 Å². The van der Waals surface area contributed by atoms with Gasteiger partial charge in [0.2, 0.25) is 5.91 Å². The standard InChI is InChI=1S/C30H35N2O4P/c1-20(2)26(29(34)32-27(21(3)4)30(35)36-5)31-28(33)22-13-12-18-25(19-22)37(23-14-8-6-9-15-23)24-16-10-7-11-17-24/h6-21,26-27H,1-5H3,(H,31,33)(H,32,34)/t26-,27-/m0/s1. The Morgan fingerprint density at radius 3 is 1.68 bits per heavy atom. The molecule has 2 atom stereocenters. The molecule has 3 rings (SSSR count). The number of methoxy groups -OCH3 is 1. The van der Waals surface area contributed by atoms with Crippen molar-refractivity contribution >= 4 is 41.6 Å². The second kappa shape index (κ2) is 13.2. The van der Waals surface area contributed by atoms with Crippen molar-refractivity contribution in [2.75, 3.05) is 7.11 Å². The summed E-state index contributed by atoms with van der Waals surface area (Å²) < 4.78 is 4.83. The molecule has 0 aromatic heterocycles. The smallest absolute Gasteiger partial charge is 0.328 e. The summed E-state index contributed by atoms with van der Waals surface area (Å²) in [4.78, 5) is 38.6. The minimum absolute atomic E-state index is 0.160. The Bertz CT molecular complexity index is 1160. The van der Waals surface area contributed by atoms with Crippen LogP contribution in [0.15, 0.2) is 84.9 Å². The maximum Gasteiger partial charge on any atom is 0.328 e. The van der Waals surface area contributed by atoms with Gasteiger partial charge in [0.05, 0.1) is 7.11 Å². The molecule has 0 bridgehead atoms. The number of carbonyl (C=O) groups is 3. The number of esters is 1. The Balaban J connectivity index is 1.87. The first-order chi connectivity index (χ1) is 17.7. The molecule has 0 aliphatic carbocycles. The van der Waals surface area contributed by atoms with Crippen molar-refractivity contribution in [1.29, 1.82) is 0 Å². The van der Waals surface area contributed by atoms with Crippen molar-refractivity contribution in [3.05, 3.63) is 90.5 Å². The molecule has 0 aliphatic rings. The van der Waals surface area contributed by atoms with Crippen molar-refractivity contribution in [2.24, 2.45) is 11.8 Å². The minimum atomic E-state index is -0.871. The van der Waals surface area contributed by atoms with Crippen molar-refractivity contribution in [1.82, 2.24) is 10.6 Å². The van der Waals surface area contributed by atoms with Gasteiger partial charge in [0, 0.05) is 5.56 Å². The fraction of sp³-hybridized carbons (Fsp3) is 0.300. The number of carbonyl (C=O) groups excluding carboxylic acids is 3. The number of benzene rings is 3. The molecule has 37 heavy (non-hydrogen) atoms. The van der Waals surface area contributed by atoms with Gasteiger partial charge in [-0.2, -0.15) is 0 Å². The van der Waals surface area contributed by atoms with Crippen molar-refractivity contribution in [2.45, 2.75) is 39.8 Å². The van der Waals surface area contributed by atoms with E-state index in [1.165, 1.54) is 17.7 Å². The third-order valence-corrected chi connectivity index (χ3v) is 8.47. The number of hydrogen-bond donors (Lipinski definition) is 2. The fourth-order valence-electron chi connectivity index (χ4n) is 4.01. The Morgan fingerprint density at radius 1 is 0.676 bits per heavy atom. The molecule has 0 radical (unpaired) electrons. The van der Waals surface area contributed by atoms with Gasteiger partial charge < -0.3 is 15.4 Å². The fourth-order valence-corrected chi connectivity index (χ4v) is 6.35. The number of amides is 2. The predicted octanol–water partition coefficient (Wildman–Crippen LogP) is 3.51. The summed E-state index contributed by atoms with van der Waals surface area (Å²) >= 11 is 0. The van der Waals surface area contributed by atoms with Crippen LogP contribution in [0, 0.1) is 11.8 Å². The Hall–Kier alpha value is -3.50. The molecule has 3 aromatic carbocycles. The average Bonchev–Trinajstić information content (AvgIpc) is 2.91. The van der Waals surface area contributed by atoms with Crippen LogP contribution in [0.3, 0.4) is 0 Å². The Labute approximate surface area is 220 Å². The van der Waals surface area contributed by atoms with Crippen LogP contribution in [0.4, 0.5) is 0 Å². The number of hydrogen-bond acceptors (Lipinski definition) is 4. The highest BCUT2D eigenvalue weighted by atomic mass is 31.1. The zero-order chi connectivity index (χ0) is 26.9. The van der Waals surface area contributed by atoms with Gasteiger partial charge in [-0.05, 0) is 47.8 Å². The normalized spacial score (nSPS) is 12.8. The van der Waals surface area contributed by atoms with Crippen LogP contribution in [-0.4, -0.2) is 37.0 Å². The first-order valence-corrected chi connectivity index (χ1v) is 13.8. The lowest BCUT2D eigenvalue weighted by Crippen LogP contribution is -2.55. The lowest BCUT2D eigenvalue weighted by molar-refractivity contribution is -0.146. The zero-order valence-corrected chi connectivity index (χ0v) is 22.9. The molecule has 0 fully saturated rings. The second-order valence-corrected chi connectivity index (χ2v) is 11.7. The van der Waals surface area contributed by atoms with Crippen molar-refractivity contribution < 1.29 is 19.1 Å². The highest BCUT2D eigenvalue weighted by molar-refractivity contribution is 7.79. The summed E-state index contributed by atoms with van der Waals surface area (Å²) in [5.74, 6) is -1.62. The number of rotatable bonds is 10. The predicted molar refractivity (Wildman–Crippen MR) is 150 cm³/mol. The van der Waals surface area contributed by atoms with Crippen LogP contribution in [0.2, 0.25) is 0 Å². The van der Waals surface area contributed by atoms with Gasteiger partial charge in [0.25, 0.3) is 5.91 Å². The van der Waals surface area contributed by atoms with Gasteiger partial charge in [0.1, 0.15) is 12.1 Å². The topological polar surface area (TPSA) is 84.5 Å². The third kappa shape index (κ3) is 7.27. The minimum Gasteiger partial charge on any atom is -0.467 e. The molecule has 194 valence electrons. The summed E-state index contributed by atoms with van der Waals surface area (Å²) in [6, 6.07) is 26.5. The molecular weight excluding hydrogens is 483 g/mol. The maximum atomic E-state index is 13.3. The van der Waals surface area contributed by atoms with Crippen molar-refractivity contribution in [3.63, 3.8) is 0 Å². The molecule has 0 unspecified atom stereocenters. The summed E-state index contributed by atoms with van der Waals surface area (Å²) in [6.07, 6.45) is 0. The molecule has 7 heteroatoms. The first-order valence-electron chi connectivity index (χ1n) is 12.4. The van der Waals surface area contributed by atoms with Crippen molar-refractivity contribution in [3.8, 4) is 0 Å². The first kappa shape index (κ1) is 28.1. The molecule has 2 amide bonds. The van der Waals surface area contributed by atoms with Crippen LogP contribution >= 0.6 is 7.92 Å². The second-order valence-electron chi connectivity index (χ2n) is 9.51. The Kier molecular flexibility index (Phi) is 9.99. The molecule has 0 aliphatic heterocycles. The van der Waals surface area contributed by atoms with Crippen LogP contribution in [0.1, 0.15) is 38.1 Å². The van der Waals surface area contributed by atoms with Gasteiger partial charge >= 0.3 is 5.97 Å². The van der Waals surface area contributed by atoms with Gasteiger partial charge in [0.15, 0.2) is 0 Å².